The number of thioether (sulfide) groups is 1. The zero-order valence-electron chi connectivity index (χ0n) is 10.4. The summed E-state index contributed by atoms with van der Waals surface area (Å²) in [6.07, 6.45) is 1.92. The van der Waals surface area contributed by atoms with Gasteiger partial charge in [0.2, 0.25) is 0 Å². The molecule has 0 bridgehead atoms. The average molecular weight is 242 g/mol. The molecule has 0 aromatic carbocycles. The van der Waals surface area contributed by atoms with Crippen LogP contribution in [0.5, 0.6) is 0 Å². The lowest BCUT2D eigenvalue weighted by molar-refractivity contribution is 0.550. The molecule has 0 radical (unpaired) electrons. The molecule has 0 aliphatic rings. The summed E-state index contributed by atoms with van der Waals surface area (Å²) < 4.78 is 1.96. The molecule has 0 fully saturated rings. The second-order valence-electron chi connectivity index (χ2n) is 3.83. The van der Waals surface area contributed by atoms with Crippen molar-refractivity contribution in [3.05, 3.63) is 17.5 Å². The number of nitrogens with two attached hydrogens (primary N) is 1. The van der Waals surface area contributed by atoms with E-state index < -0.39 is 0 Å². The van der Waals surface area contributed by atoms with E-state index in [2.05, 4.69) is 30.4 Å². The fourth-order valence-corrected chi connectivity index (χ4v) is 2.35. The SMILES string of the molecule is CCSCC(Cc1cc(CC)nn1C)NN. The molecule has 1 rings (SSSR count). The maximum absolute atomic E-state index is 5.56. The van der Waals surface area contributed by atoms with Gasteiger partial charge in [0.25, 0.3) is 0 Å². The van der Waals surface area contributed by atoms with Crippen LogP contribution in [0, 0.1) is 0 Å². The first kappa shape index (κ1) is 13.5. The van der Waals surface area contributed by atoms with Gasteiger partial charge >= 0.3 is 0 Å². The van der Waals surface area contributed by atoms with Gasteiger partial charge in [-0.2, -0.15) is 16.9 Å². The molecule has 92 valence electrons. The van der Waals surface area contributed by atoms with Crippen molar-refractivity contribution in [1.82, 2.24) is 15.2 Å². The van der Waals surface area contributed by atoms with Crippen molar-refractivity contribution in [3.63, 3.8) is 0 Å². The van der Waals surface area contributed by atoms with Gasteiger partial charge in [0, 0.05) is 31.0 Å². The summed E-state index contributed by atoms with van der Waals surface area (Å²) in [5.41, 5.74) is 5.27. The summed E-state index contributed by atoms with van der Waals surface area (Å²) in [7, 11) is 2.00. The van der Waals surface area contributed by atoms with Gasteiger partial charge in [-0.05, 0) is 18.2 Å². The highest BCUT2D eigenvalue weighted by Crippen LogP contribution is 2.10. The number of aromatic nitrogens is 2. The molecule has 4 nitrogen and oxygen atoms in total. The molecule has 0 aliphatic carbocycles. The van der Waals surface area contributed by atoms with Gasteiger partial charge in [-0.3, -0.25) is 16.0 Å². The first-order chi connectivity index (χ1) is 7.71. The topological polar surface area (TPSA) is 55.9 Å². The van der Waals surface area contributed by atoms with Gasteiger partial charge in [0.1, 0.15) is 0 Å². The summed E-state index contributed by atoms with van der Waals surface area (Å²) in [6.45, 7) is 4.29. The second-order valence-corrected chi connectivity index (χ2v) is 5.15. The Bertz CT molecular complexity index is 311. The minimum Gasteiger partial charge on any atom is -0.272 e. The highest BCUT2D eigenvalue weighted by molar-refractivity contribution is 7.99. The van der Waals surface area contributed by atoms with Crippen LogP contribution in [-0.2, 0) is 19.9 Å². The molecule has 3 N–H and O–H groups in total. The smallest absolute Gasteiger partial charge is 0.0624 e. The van der Waals surface area contributed by atoms with Crippen molar-refractivity contribution in [2.45, 2.75) is 32.7 Å². The van der Waals surface area contributed by atoms with Crippen LogP contribution in [0.2, 0.25) is 0 Å². The lowest BCUT2D eigenvalue weighted by atomic mass is 10.2. The van der Waals surface area contributed by atoms with Crippen molar-refractivity contribution in [2.75, 3.05) is 11.5 Å². The van der Waals surface area contributed by atoms with E-state index in [4.69, 9.17) is 5.84 Å². The number of rotatable bonds is 7. The number of hydrogen-bond donors (Lipinski definition) is 2. The Balaban J connectivity index is 2.58. The van der Waals surface area contributed by atoms with Crippen molar-refractivity contribution in [3.8, 4) is 0 Å². The van der Waals surface area contributed by atoms with Crippen molar-refractivity contribution < 1.29 is 0 Å². The summed E-state index contributed by atoms with van der Waals surface area (Å²) in [5, 5.41) is 4.44. The van der Waals surface area contributed by atoms with E-state index in [1.165, 1.54) is 5.69 Å². The largest absolute Gasteiger partial charge is 0.272 e. The van der Waals surface area contributed by atoms with E-state index in [0.29, 0.717) is 6.04 Å². The molecule has 5 heteroatoms. The minimum atomic E-state index is 0.324. The number of aryl methyl sites for hydroxylation is 2. The lowest BCUT2D eigenvalue weighted by Gasteiger charge is -2.14. The maximum atomic E-state index is 5.56. The van der Waals surface area contributed by atoms with Crippen LogP contribution >= 0.6 is 11.8 Å². The van der Waals surface area contributed by atoms with Crippen LogP contribution in [0.1, 0.15) is 25.2 Å². The zero-order valence-corrected chi connectivity index (χ0v) is 11.2. The van der Waals surface area contributed by atoms with Crippen molar-refractivity contribution in [1.29, 1.82) is 0 Å². The second kappa shape index (κ2) is 6.93. The van der Waals surface area contributed by atoms with Crippen molar-refractivity contribution >= 4 is 11.8 Å². The van der Waals surface area contributed by atoms with E-state index in [0.717, 1.165) is 30.0 Å². The molecule has 1 atom stereocenters. The predicted octanol–water partition coefficient (Wildman–Crippen LogP) is 1.11. The summed E-state index contributed by atoms with van der Waals surface area (Å²) >= 11 is 1.91. The average Bonchev–Trinajstić information content (AvgIpc) is 2.65. The predicted molar refractivity (Wildman–Crippen MR) is 70.4 cm³/mol. The van der Waals surface area contributed by atoms with Gasteiger partial charge in [-0.15, -0.1) is 0 Å². The molecular formula is C11H22N4S. The normalized spacial score (nSPS) is 13.0. The molecule has 0 aliphatic heterocycles. The van der Waals surface area contributed by atoms with Crippen LogP contribution in [0.25, 0.3) is 0 Å². The minimum absolute atomic E-state index is 0.324. The Morgan fingerprint density at radius 3 is 2.81 bits per heavy atom. The molecule has 1 aromatic heterocycles. The number of nitrogens with one attached hydrogen (secondary N) is 1. The standard InChI is InChI=1S/C11H22N4S/c1-4-9-6-11(15(3)14-9)7-10(13-12)8-16-5-2/h6,10,13H,4-5,7-8,12H2,1-3H3. The number of nitrogens with zero attached hydrogens (tertiary/aromatic N) is 2. The summed E-state index contributed by atoms with van der Waals surface area (Å²) in [5.74, 6) is 7.73. The Labute approximate surface area is 102 Å². The highest BCUT2D eigenvalue weighted by atomic mass is 32.2. The molecule has 0 saturated carbocycles. The van der Waals surface area contributed by atoms with Crippen LogP contribution in [0.3, 0.4) is 0 Å². The molecule has 16 heavy (non-hydrogen) atoms. The highest BCUT2D eigenvalue weighted by Gasteiger charge is 2.11. The van der Waals surface area contributed by atoms with Crippen LogP contribution < -0.4 is 11.3 Å². The molecule has 0 saturated heterocycles. The molecule has 0 spiro atoms. The first-order valence-corrected chi connectivity index (χ1v) is 6.92. The maximum Gasteiger partial charge on any atom is 0.0624 e. The van der Waals surface area contributed by atoms with Gasteiger partial charge in [0.15, 0.2) is 0 Å². The fourth-order valence-electron chi connectivity index (χ4n) is 1.61. The van der Waals surface area contributed by atoms with Crippen molar-refractivity contribution in [2.24, 2.45) is 12.9 Å². The third kappa shape index (κ3) is 3.81. The Hall–Kier alpha value is -0.520. The molecule has 1 unspecified atom stereocenters. The molecular weight excluding hydrogens is 220 g/mol. The van der Waals surface area contributed by atoms with E-state index in [9.17, 15) is 0 Å². The quantitative estimate of drug-likeness (QED) is 0.555. The van der Waals surface area contributed by atoms with Gasteiger partial charge < -0.3 is 0 Å². The first-order valence-electron chi connectivity index (χ1n) is 5.76. The fraction of sp³-hybridized carbons (Fsp3) is 0.727. The summed E-state index contributed by atoms with van der Waals surface area (Å²) in [6, 6.07) is 2.49. The number of hydrazine groups is 1. The van der Waals surface area contributed by atoms with E-state index in [1.807, 2.05) is 23.5 Å². The van der Waals surface area contributed by atoms with Crippen LogP contribution in [0.4, 0.5) is 0 Å². The van der Waals surface area contributed by atoms with Gasteiger partial charge in [-0.1, -0.05) is 13.8 Å². The van der Waals surface area contributed by atoms with Crippen LogP contribution in [-0.4, -0.2) is 27.3 Å². The molecule has 1 aromatic rings. The van der Waals surface area contributed by atoms with E-state index in [-0.39, 0.29) is 0 Å². The molecule has 0 amide bonds. The van der Waals surface area contributed by atoms with E-state index in [1.54, 1.807) is 0 Å². The van der Waals surface area contributed by atoms with Gasteiger partial charge in [0.05, 0.1) is 5.69 Å². The van der Waals surface area contributed by atoms with Gasteiger partial charge in [-0.25, -0.2) is 0 Å². The Kier molecular flexibility index (Phi) is 5.87. The number of hydrogen-bond acceptors (Lipinski definition) is 4. The lowest BCUT2D eigenvalue weighted by Crippen LogP contribution is -2.39. The Morgan fingerprint density at radius 1 is 1.56 bits per heavy atom. The third-order valence-electron chi connectivity index (χ3n) is 2.60. The zero-order chi connectivity index (χ0) is 12.0. The Morgan fingerprint density at radius 2 is 2.31 bits per heavy atom. The summed E-state index contributed by atoms with van der Waals surface area (Å²) in [4.78, 5) is 0. The van der Waals surface area contributed by atoms with Crippen LogP contribution in [0.15, 0.2) is 6.07 Å². The van der Waals surface area contributed by atoms with E-state index >= 15 is 0 Å². The monoisotopic (exact) mass is 242 g/mol. The molecule has 1 heterocycles. The third-order valence-corrected chi connectivity index (χ3v) is 3.65.